The maximum absolute atomic E-state index is 11.7. The van der Waals surface area contributed by atoms with E-state index in [0.717, 1.165) is 29.8 Å². The quantitative estimate of drug-likeness (QED) is 0.807. The number of hydrogen-bond donors (Lipinski definition) is 1. The van der Waals surface area contributed by atoms with Crippen LogP contribution in [0.4, 0.5) is 0 Å². The minimum absolute atomic E-state index is 0.219. The number of hydrogen-bond acceptors (Lipinski definition) is 4. The van der Waals surface area contributed by atoms with E-state index in [1.807, 2.05) is 16.7 Å². The van der Waals surface area contributed by atoms with E-state index >= 15 is 0 Å². The van der Waals surface area contributed by atoms with Crippen LogP contribution in [-0.4, -0.2) is 51.1 Å². The molecule has 1 aliphatic rings. The fourth-order valence-electron chi connectivity index (χ4n) is 1.36. The highest BCUT2D eigenvalue weighted by Gasteiger charge is 2.16. The van der Waals surface area contributed by atoms with Crippen molar-refractivity contribution in [3.63, 3.8) is 0 Å². The Labute approximate surface area is 97.2 Å². The first-order chi connectivity index (χ1) is 7.36. The third-order valence-corrected chi connectivity index (χ3v) is 4.00. The molecule has 4 nitrogen and oxygen atoms in total. The number of nitrogens with zero attached hydrogens (tertiary/aromatic N) is 2. The molecule has 0 aliphatic carbocycles. The van der Waals surface area contributed by atoms with Crippen LogP contribution in [0.25, 0.3) is 0 Å². The predicted octanol–water partition coefficient (Wildman–Crippen LogP) is 1.08. The number of rotatable bonds is 3. The van der Waals surface area contributed by atoms with Crippen LogP contribution in [0, 0.1) is 0 Å². The van der Waals surface area contributed by atoms with Crippen LogP contribution in [0.5, 0.6) is 0 Å². The molecule has 0 unspecified atom stereocenters. The van der Waals surface area contributed by atoms with Gasteiger partial charge in [0.1, 0.15) is 0 Å². The molecule has 15 heavy (non-hydrogen) atoms. The average molecular weight is 243 g/mol. The molecule has 0 bridgehead atoms. The van der Waals surface area contributed by atoms with E-state index in [4.69, 9.17) is 0 Å². The minimum Gasteiger partial charge on any atom is -0.340 e. The van der Waals surface area contributed by atoms with Crippen molar-refractivity contribution in [2.45, 2.75) is 5.16 Å². The van der Waals surface area contributed by atoms with Gasteiger partial charge in [-0.15, -0.1) is 0 Å². The van der Waals surface area contributed by atoms with Gasteiger partial charge in [-0.1, -0.05) is 11.8 Å². The van der Waals surface area contributed by atoms with Crippen LogP contribution in [-0.2, 0) is 4.79 Å². The van der Waals surface area contributed by atoms with Gasteiger partial charge in [-0.05, 0) is 0 Å². The summed E-state index contributed by atoms with van der Waals surface area (Å²) in [6, 6.07) is 0. The third kappa shape index (κ3) is 3.17. The van der Waals surface area contributed by atoms with Crippen molar-refractivity contribution in [1.82, 2.24) is 14.9 Å². The normalized spacial score (nSPS) is 16.7. The summed E-state index contributed by atoms with van der Waals surface area (Å²) in [5.74, 6) is 2.84. The first-order valence-electron chi connectivity index (χ1n) is 4.84. The molecule has 6 heteroatoms. The SMILES string of the molecule is O=C(CSc1ncc[nH]1)N1CCSCC1. The maximum Gasteiger partial charge on any atom is 0.233 e. The molecule has 0 aromatic carbocycles. The van der Waals surface area contributed by atoms with Gasteiger partial charge in [-0.3, -0.25) is 4.79 Å². The first-order valence-corrected chi connectivity index (χ1v) is 6.98. The van der Waals surface area contributed by atoms with Gasteiger partial charge in [0.15, 0.2) is 5.16 Å². The van der Waals surface area contributed by atoms with Crippen molar-refractivity contribution in [3.8, 4) is 0 Å². The Morgan fingerprint density at radius 3 is 3.07 bits per heavy atom. The number of aromatic amines is 1. The molecule has 1 aromatic heterocycles. The standard InChI is InChI=1S/C9H13N3OS2/c13-8(12-3-5-14-6-4-12)7-15-9-10-1-2-11-9/h1-2H,3-7H2,(H,10,11). The molecular weight excluding hydrogens is 230 g/mol. The highest BCUT2D eigenvalue weighted by atomic mass is 32.2. The molecule has 1 aliphatic heterocycles. The van der Waals surface area contributed by atoms with Crippen molar-refractivity contribution in [2.75, 3.05) is 30.3 Å². The second-order valence-electron chi connectivity index (χ2n) is 3.18. The lowest BCUT2D eigenvalue weighted by molar-refractivity contribution is -0.127. The maximum atomic E-state index is 11.7. The van der Waals surface area contributed by atoms with E-state index in [9.17, 15) is 4.79 Å². The molecule has 1 N–H and O–H groups in total. The highest BCUT2D eigenvalue weighted by molar-refractivity contribution is 7.99. The van der Waals surface area contributed by atoms with Crippen LogP contribution < -0.4 is 0 Å². The van der Waals surface area contributed by atoms with Crippen LogP contribution in [0.2, 0.25) is 0 Å². The van der Waals surface area contributed by atoms with E-state index < -0.39 is 0 Å². The zero-order valence-corrected chi connectivity index (χ0v) is 9.94. The largest absolute Gasteiger partial charge is 0.340 e. The van der Waals surface area contributed by atoms with Gasteiger partial charge in [0.05, 0.1) is 5.75 Å². The van der Waals surface area contributed by atoms with Gasteiger partial charge < -0.3 is 9.88 Å². The van der Waals surface area contributed by atoms with Crippen molar-refractivity contribution in [1.29, 1.82) is 0 Å². The summed E-state index contributed by atoms with van der Waals surface area (Å²) in [5.41, 5.74) is 0. The molecule has 0 saturated carbocycles. The van der Waals surface area contributed by atoms with Gasteiger partial charge >= 0.3 is 0 Å². The number of carbonyl (C=O) groups is 1. The molecule has 0 atom stereocenters. The smallest absolute Gasteiger partial charge is 0.233 e. The van der Waals surface area contributed by atoms with Gasteiger partial charge in [-0.25, -0.2) is 4.98 Å². The first kappa shape index (κ1) is 10.9. The van der Waals surface area contributed by atoms with Crippen LogP contribution in [0.3, 0.4) is 0 Å². The van der Waals surface area contributed by atoms with Gasteiger partial charge in [0.25, 0.3) is 0 Å². The summed E-state index contributed by atoms with van der Waals surface area (Å²) >= 11 is 3.38. The van der Waals surface area contributed by atoms with Crippen LogP contribution in [0.15, 0.2) is 17.6 Å². The summed E-state index contributed by atoms with van der Waals surface area (Å²) in [6.45, 7) is 1.78. The number of H-pyrrole nitrogens is 1. The number of imidazole rings is 1. The highest BCUT2D eigenvalue weighted by Crippen LogP contribution is 2.15. The Hall–Kier alpha value is -0.620. The van der Waals surface area contributed by atoms with E-state index in [0.29, 0.717) is 5.75 Å². The van der Waals surface area contributed by atoms with Crippen LogP contribution in [0.1, 0.15) is 0 Å². The van der Waals surface area contributed by atoms with Crippen molar-refractivity contribution in [2.24, 2.45) is 0 Å². The third-order valence-electron chi connectivity index (χ3n) is 2.17. The summed E-state index contributed by atoms with van der Waals surface area (Å²) in [5, 5.41) is 0.815. The van der Waals surface area contributed by atoms with Gasteiger partial charge in [0.2, 0.25) is 5.91 Å². The molecule has 2 heterocycles. The second-order valence-corrected chi connectivity index (χ2v) is 5.36. The van der Waals surface area contributed by atoms with Gasteiger partial charge in [-0.2, -0.15) is 11.8 Å². The van der Waals surface area contributed by atoms with E-state index in [1.54, 1.807) is 12.4 Å². The summed E-state index contributed by atoms with van der Waals surface area (Å²) in [4.78, 5) is 20.7. The predicted molar refractivity (Wildman–Crippen MR) is 63.2 cm³/mol. The number of aromatic nitrogens is 2. The summed E-state index contributed by atoms with van der Waals surface area (Å²) < 4.78 is 0. The minimum atomic E-state index is 0.219. The molecule has 0 spiro atoms. The molecule has 1 aromatic rings. The summed E-state index contributed by atoms with van der Waals surface area (Å²) in [7, 11) is 0. The zero-order valence-electron chi connectivity index (χ0n) is 8.31. The zero-order chi connectivity index (χ0) is 10.5. The Kier molecular flexibility index (Phi) is 3.96. The molecular formula is C9H13N3OS2. The van der Waals surface area contributed by atoms with Crippen molar-refractivity contribution < 1.29 is 4.79 Å². The lowest BCUT2D eigenvalue weighted by Crippen LogP contribution is -2.38. The lowest BCUT2D eigenvalue weighted by atomic mass is 10.5. The summed E-state index contributed by atoms with van der Waals surface area (Å²) in [6.07, 6.45) is 3.47. The Morgan fingerprint density at radius 1 is 1.60 bits per heavy atom. The molecule has 1 fully saturated rings. The Balaban J connectivity index is 1.76. The van der Waals surface area contributed by atoms with Crippen molar-refractivity contribution in [3.05, 3.63) is 12.4 Å². The number of thioether (sulfide) groups is 2. The fourth-order valence-corrected chi connectivity index (χ4v) is 3.00. The lowest BCUT2D eigenvalue weighted by Gasteiger charge is -2.26. The van der Waals surface area contributed by atoms with E-state index in [1.165, 1.54) is 11.8 Å². The average Bonchev–Trinajstić information content (AvgIpc) is 2.80. The number of amides is 1. The molecule has 1 amide bonds. The molecule has 82 valence electrons. The van der Waals surface area contributed by atoms with E-state index in [2.05, 4.69) is 9.97 Å². The second kappa shape index (κ2) is 5.46. The van der Waals surface area contributed by atoms with Crippen molar-refractivity contribution >= 4 is 29.4 Å². The van der Waals surface area contributed by atoms with Gasteiger partial charge in [0, 0.05) is 37.0 Å². The Bertz CT molecular complexity index is 309. The molecule has 1 saturated heterocycles. The monoisotopic (exact) mass is 243 g/mol. The topological polar surface area (TPSA) is 49.0 Å². The number of carbonyl (C=O) groups excluding carboxylic acids is 1. The number of nitrogens with one attached hydrogen (secondary N) is 1. The Morgan fingerprint density at radius 2 is 2.40 bits per heavy atom. The van der Waals surface area contributed by atoms with E-state index in [-0.39, 0.29) is 5.91 Å². The van der Waals surface area contributed by atoms with Crippen LogP contribution >= 0.6 is 23.5 Å². The molecule has 2 rings (SSSR count). The fraction of sp³-hybridized carbons (Fsp3) is 0.556. The molecule has 0 radical (unpaired) electrons.